The van der Waals surface area contributed by atoms with E-state index in [2.05, 4.69) is 15.3 Å². The fourth-order valence-corrected chi connectivity index (χ4v) is 2.38. The minimum absolute atomic E-state index is 0.205. The molecule has 3 aromatic rings. The van der Waals surface area contributed by atoms with E-state index in [-0.39, 0.29) is 10.3 Å². The van der Waals surface area contributed by atoms with Gasteiger partial charge in [0, 0.05) is 5.56 Å². The number of H-pyrrole nitrogens is 1. The van der Waals surface area contributed by atoms with Gasteiger partial charge in [0.1, 0.15) is 17.4 Å². The number of nitrogens with one attached hydrogen (secondary N) is 1. The van der Waals surface area contributed by atoms with Crippen molar-refractivity contribution in [3.05, 3.63) is 64.4 Å². The van der Waals surface area contributed by atoms with Crippen LogP contribution in [-0.2, 0) is 0 Å². The summed E-state index contributed by atoms with van der Waals surface area (Å²) in [6.07, 6.45) is 1.08. The average molecular weight is 360 g/mol. The van der Waals surface area contributed by atoms with Crippen molar-refractivity contribution >= 4 is 18.4 Å². The predicted octanol–water partition coefficient (Wildman–Crippen LogP) is 4.17. The van der Waals surface area contributed by atoms with E-state index in [1.165, 1.54) is 10.7 Å². The van der Waals surface area contributed by atoms with Gasteiger partial charge in [-0.15, -0.1) is 0 Å². The Balaban J connectivity index is 1.97. The molecule has 128 valence electrons. The highest BCUT2D eigenvalue weighted by atomic mass is 32.1. The third-order valence-electron chi connectivity index (χ3n) is 3.38. The minimum Gasteiger partial charge on any atom is -0.494 e. The van der Waals surface area contributed by atoms with Crippen molar-refractivity contribution in [1.29, 1.82) is 0 Å². The summed E-state index contributed by atoms with van der Waals surface area (Å²) in [7, 11) is 0. The second-order valence-electron chi connectivity index (χ2n) is 5.00. The topological polar surface area (TPSA) is 55.2 Å². The molecule has 0 amide bonds. The van der Waals surface area contributed by atoms with Gasteiger partial charge in [-0.1, -0.05) is 6.07 Å². The lowest BCUT2D eigenvalue weighted by Crippen LogP contribution is -1.98. The lowest BCUT2D eigenvalue weighted by Gasteiger charge is -2.05. The van der Waals surface area contributed by atoms with Crippen LogP contribution in [0.15, 0.2) is 47.6 Å². The molecular formula is C17H14F2N4OS. The SMILES string of the molecule is CCOc1ccc(-c2n[nH]c(=S)n2/N=C\c2c(F)cccc2F)cc1. The largest absolute Gasteiger partial charge is 0.494 e. The maximum absolute atomic E-state index is 13.7. The summed E-state index contributed by atoms with van der Waals surface area (Å²) in [5, 5.41) is 10.8. The van der Waals surface area contributed by atoms with E-state index in [0.29, 0.717) is 12.4 Å². The summed E-state index contributed by atoms with van der Waals surface area (Å²) in [4.78, 5) is 0. The van der Waals surface area contributed by atoms with Gasteiger partial charge in [0.25, 0.3) is 0 Å². The van der Waals surface area contributed by atoms with Crippen molar-refractivity contribution in [2.24, 2.45) is 5.10 Å². The van der Waals surface area contributed by atoms with Crippen molar-refractivity contribution in [3.63, 3.8) is 0 Å². The van der Waals surface area contributed by atoms with E-state index in [4.69, 9.17) is 17.0 Å². The highest BCUT2D eigenvalue weighted by molar-refractivity contribution is 7.71. The molecule has 0 aliphatic rings. The summed E-state index contributed by atoms with van der Waals surface area (Å²) in [5.74, 6) is -0.271. The first-order valence-corrected chi connectivity index (χ1v) is 7.90. The minimum atomic E-state index is -0.707. The first kappa shape index (κ1) is 17.0. The van der Waals surface area contributed by atoms with Gasteiger partial charge < -0.3 is 4.74 Å². The molecule has 2 aromatic carbocycles. The molecule has 0 radical (unpaired) electrons. The predicted molar refractivity (Wildman–Crippen MR) is 93.4 cm³/mol. The number of hydrogen-bond donors (Lipinski definition) is 1. The second kappa shape index (κ2) is 7.35. The summed E-state index contributed by atoms with van der Waals surface area (Å²) in [5.41, 5.74) is 0.477. The zero-order valence-corrected chi connectivity index (χ0v) is 14.1. The number of aromatic nitrogens is 3. The molecule has 0 spiro atoms. The van der Waals surface area contributed by atoms with Gasteiger partial charge in [0.05, 0.1) is 18.4 Å². The summed E-state index contributed by atoms with van der Waals surface area (Å²) in [6, 6.07) is 10.8. The quantitative estimate of drug-likeness (QED) is 0.549. The number of nitrogens with zero attached hydrogens (tertiary/aromatic N) is 3. The van der Waals surface area contributed by atoms with Crippen LogP contribution in [0.5, 0.6) is 5.75 Å². The second-order valence-corrected chi connectivity index (χ2v) is 5.39. The summed E-state index contributed by atoms with van der Waals surface area (Å²) >= 11 is 5.14. The van der Waals surface area contributed by atoms with Crippen molar-refractivity contribution in [2.75, 3.05) is 6.61 Å². The van der Waals surface area contributed by atoms with E-state index in [1.54, 1.807) is 24.3 Å². The van der Waals surface area contributed by atoms with E-state index in [0.717, 1.165) is 29.7 Å². The molecule has 0 unspecified atom stereocenters. The van der Waals surface area contributed by atoms with Crippen LogP contribution < -0.4 is 4.74 Å². The Morgan fingerprint density at radius 3 is 2.52 bits per heavy atom. The zero-order valence-electron chi connectivity index (χ0n) is 13.2. The van der Waals surface area contributed by atoms with Crippen LogP contribution >= 0.6 is 12.2 Å². The molecule has 1 heterocycles. The highest BCUT2D eigenvalue weighted by Gasteiger charge is 2.10. The smallest absolute Gasteiger partial charge is 0.216 e. The Hall–Kier alpha value is -2.87. The van der Waals surface area contributed by atoms with Crippen LogP contribution in [-0.4, -0.2) is 27.7 Å². The Morgan fingerprint density at radius 2 is 1.88 bits per heavy atom. The third-order valence-corrected chi connectivity index (χ3v) is 3.64. The van der Waals surface area contributed by atoms with Gasteiger partial charge in [-0.3, -0.25) is 0 Å². The standard InChI is InChI=1S/C17H14F2N4OS/c1-2-24-12-8-6-11(7-9-12)16-21-22-17(25)23(16)20-10-13-14(18)4-3-5-15(13)19/h3-10H,2H2,1H3,(H,22,25)/b20-10-. The number of ether oxygens (including phenoxy) is 1. The van der Waals surface area contributed by atoms with Crippen molar-refractivity contribution in [2.45, 2.75) is 6.92 Å². The molecule has 0 saturated heterocycles. The Labute approximate surface area is 147 Å². The zero-order chi connectivity index (χ0) is 17.8. The van der Waals surface area contributed by atoms with Crippen molar-refractivity contribution < 1.29 is 13.5 Å². The molecule has 1 aromatic heterocycles. The molecule has 0 fully saturated rings. The molecule has 1 N–H and O–H groups in total. The lowest BCUT2D eigenvalue weighted by atomic mass is 10.2. The lowest BCUT2D eigenvalue weighted by molar-refractivity contribution is 0.340. The number of halogens is 2. The van der Waals surface area contributed by atoms with Crippen molar-refractivity contribution in [3.8, 4) is 17.1 Å². The maximum atomic E-state index is 13.7. The number of hydrogen-bond acceptors (Lipinski definition) is 4. The number of aromatic amines is 1. The van der Waals surface area contributed by atoms with E-state index >= 15 is 0 Å². The van der Waals surface area contributed by atoms with Gasteiger partial charge in [-0.2, -0.15) is 14.9 Å². The highest BCUT2D eigenvalue weighted by Crippen LogP contribution is 2.21. The van der Waals surface area contributed by atoms with Crippen LogP contribution in [0.2, 0.25) is 0 Å². The normalized spacial score (nSPS) is 11.2. The van der Waals surface area contributed by atoms with Gasteiger partial charge >= 0.3 is 0 Å². The number of rotatable bonds is 5. The van der Waals surface area contributed by atoms with Crippen LogP contribution in [0.3, 0.4) is 0 Å². The molecule has 0 atom stereocenters. The Bertz CT molecular complexity index is 943. The Morgan fingerprint density at radius 1 is 1.20 bits per heavy atom. The fourth-order valence-electron chi connectivity index (χ4n) is 2.20. The molecule has 8 heteroatoms. The molecule has 5 nitrogen and oxygen atoms in total. The van der Waals surface area contributed by atoms with E-state index in [9.17, 15) is 8.78 Å². The summed E-state index contributed by atoms with van der Waals surface area (Å²) < 4.78 is 34.3. The van der Waals surface area contributed by atoms with Gasteiger partial charge in [0.15, 0.2) is 5.82 Å². The summed E-state index contributed by atoms with van der Waals surface area (Å²) in [6.45, 7) is 2.46. The van der Waals surface area contributed by atoms with Crippen molar-refractivity contribution in [1.82, 2.24) is 14.9 Å². The van der Waals surface area contributed by atoms with E-state index < -0.39 is 11.6 Å². The van der Waals surface area contributed by atoms with Crippen LogP contribution in [0, 0.1) is 16.4 Å². The Kier molecular flexibility index (Phi) is 4.99. The first-order valence-electron chi connectivity index (χ1n) is 7.49. The molecule has 0 bridgehead atoms. The molecule has 25 heavy (non-hydrogen) atoms. The molecule has 0 aliphatic heterocycles. The number of benzene rings is 2. The van der Waals surface area contributed by atoms with E-state index in [1.807, 2.05) is 6.92 Å². The van der Waals surface area contributed by atoms with Crippen LogP contribution in [0.1, 0.15) is 12.5 Å². The average Bonchev–Trinajstić information content (AvgIpc) is 2.96. The maximum Gasteiger partial charge on any atom is 0.216 e. The molecule has 0 saturated carbocycles. The van der Waals surface area contributed by atoms with Crippen LogP contribution in [0.25, 0.3) is 11.4 Å². The van der Waals surface area contributed by atoms with Crippen LogP contribution in [0.4, 0.5) is 8.78 Å². The van der Waals surface area contributed by atoms with Gasteiger partial charge in [0.2, 0.25) is 4.77 Å². The molecule has 3 rings (SSSR count). The third kappa shape index (κ3) is 3.63. The van der Waals surface area contributed by atoms with Gasteiger partial charge in [-0.05, 0) is 55.5 Å². The fraction of sp³-hybridized carbons (Fsp3) is 0.118. The van der Waals surface area contributed by atoms with Gasteiger partial charge in [-0.25, -0.2) is 13.9 Å². The monoisotopic (exact) mass is 360 g/mol. The molecular weight excluding hydrogens is 346 g/mol. The molecule has 0 aliphatic carbocycles. The first-order chi connectivity index (χ1) is 12.1.